The Morgan fingerprint density at radius 2 is 2.13 bits per heavy atom. The van der Waals surface area contributed by atoms with Crippen LogP contribution < -0.4 is 0 Å². The van der Waals surface area contributed by atoms with Crippen LogP contribution in [-0.4, -0.2) is 33.8 Å². The van der Waals surface area contributed by atoms with E-state index in [-0.39, 0.29) is 11.1 Å². The summed E-state index contributed by atoms with van der Waals surface area (Å²) in [6.07, 6.45) is 4.69. The van der Waals surface area contributed by atoms with Crippen LogP contribution in [-0.2, 0) is 17.1 Å². The van der Waals surface area contributed by atoms with Crippen molar-refractivity contribution < 1.29 is 8.42 Å². The van der Waals surface area contributed by atoms with Crippen LogP contribution in [0.1, 0.15) is 23.9 Å². The topological polar surface area (TPSA) is 68.1 Å². The predicted octanol–water partition coefficient (Wildman–Crippen LogP) is 2.56. The van der Waals surface area contributed by atoms with Crippen molar-refractivity contribution in [3.8, 4) is 0 Å². The number of imidazole rings is 1. The SMILES string of the molecule is Cn1cnc(S(=O)(=O)N2CCCC2c2nc3ccccc3s2)c1. The minimum Gasteiger partial charge on any atom is -0.339 e. The maximum absolute atomic E-state index is 12.9. The van der Waals surface area contributed by atoms with Crippen molar-refractivity contribution in [2.75, 3.05) is 6.54 Å². The number of hydrogen-bond donors (Lipinski definition) is 0. The van der Waals surface area contributed by atoms with Gasteiger partial charge < -0.3 is 4.57 Å². The lowest BCUT2D eigenvalue weighted by Gasteiger charge is -2.21. The minimum atomic E-state index is -3.58. The first kappa shape index (κ1) is 14.8. The zero-order valence-electron chi connectivity index (χ0n) is 12.6. The van der Waals surface area contributed by atoms with Crippen LogP contribution >= 0.6 is 11.3 Å². The van der Waals surface area contributed by atoms with E-state index < -0.39 is 10.0 Å². The molecule has 3 aromatic rings. The molecule has 3 heterocycles. The van der Waals surface area contributed by atoms with Crippen molar-refractivity contribution in [1.29, 1.82) is 0 Å². The Bertz CT molecular complexity index is 928. The van der Waals surface area contributed by atoms with Gasteiger partial charge in [-0.05, 0) is 25.0 Å². The number of fused-ring (bicyclic) bond motifs is 1. The molecule has 0 N–H and O–H groups in total. The number of hydrogen-bond acceptors (Lipinski definition) is 5. The van der Waals surface area contributed by atoms with E-state index in [4.69, 9.17) is 0 Å². The highest BCUT2D eigenvalue weighted by Gasteiger charge is 2.38. The highest BCUT2D eigenvalue weighted by Crippen LogP contribution is 2.39. The van der Waals surface area contributed by atoms with Gasteiger partial charge in [-0.2, -0.15) is 4.31 Å². The van der Waals surface area contributed by atoms with E-state index in [0.717, 1.165) is 28.1 Å². The van der Waals surface area contributed by atoms with Crippen molar-refractivity contribution in [3.63, 3.8) is 0 Å². The zero-order chi connectivity index (χ0) is 16.0. The Kier molecular flexibility index (Phi) is 3.47. The number of para-hydroxylation sites is 1. The van der Waals surface area contributed by atoms with E-state index in [2.05, 4.69) is 9.97 Å². The molecule has 2 aromatic heterocycles. The third kappa shape index (κ3) is 2.46. The lowest BCUT2D eigenvalue weighted by atomic mass is 10.2. The molecule has 1 fully saturated rings. The summed E-state index contributed by atoms with van der Waals surface area (Å²) in [7, 11) is -1.82. The second-order valence-corrected chi connectivity index (χ2v) is 8.57. The first-order valence-corrected chi connectivity index (χ1v) is 9.66. The molecule has 8 heteroatoms. The van der Waals surface area contributed by atoms with Gasteiger partial charge in [-0.3, -0.25) is 0 Å². The quantitative estimate of drug-likeness (QED) is 0.729. The van der Waals surface area contributed by atoms with Gasteiger partial charge in [-0.1, -0.05) is 12.1 Å². The van der Waals surface area contributed by atoms with Gasteiger partial charge in [0.25, 0.3) is 10.0 Å². The summed E-state index contributed by atoms with van der Waals surface area (Å²) in [4.78, 5) is 8.66. The van der Waals surface area contributed by atoms with Gasteiger partial charge in [0, 0.05) is 19.8 Å². The Hall–Kier alpha value is -1.77. The van der Waals surface area contributed by atoms with Crippen molar-refractivity contribution >= 4 is 31.6 Å². The number of sulfonamides is 1. The number of benzene rings is 1. The third-order valence-electron chi connectivity index (χ3n) is 4.05. The summed E-state index contributed by atoms with van der Waals surface area (Å²) < 4.78 is 30.0. The fourth-order valence-electron chi connectivity index (χ4n) is 2.95. The van der Waals surface area contributed by atoms with Crippen LogP contribution in [0.5, 0.6) is 0 Å². The first-order valence-electron chi connectivity index (χ1n) is 7.41. The molecule has 1 unspecified atom stereocenters. The predicted molar refractivity (Wildman–Crippen MR) is 88.7 cm³/mol. The first-order chi connectivity index (χ1) is 11.1. The third-order valence-corrected chi connectivity index (χ3v) is 6.98. The number of thiazole rings is 1. The summed E-state index contributed by atoms with van der Waals surface area (Å²) >= 11 is 1.57. The number of rotatable bonds is 3. The lowest BCUT2D eigenvalue weighted by Crippen LogP contribution is -2.30. The fraction of sp³-hybridized carbons (Fsp3) is 0.333. The molecular weight excluding hydrogens is 332 g/mol. The highest BCUT2D eigenvalue weighted by atomic mass is 32.2. The van der Waals surface area contributed by atoms with Gasteiger partial charge in [0.15, 0.2) is 5.03 Å². The lowest BCUT2D eigenvalue weighted by molar-refractivity contribution is 0.394. The van der Waals surface area contributed by atoms with Crippen LogP contribution in [0.2, 0.25) is 0 Å². The Morgan fingerprint density at radius 1 is 1.30 bits per heavy atom. The molecule has 1 aromatic carbocycles. The van der Waals surface area contributed by atoms with Crippen LogP contribution in [0.25, 0.3) is 10.2 Å². The molecule has 1 atom stereocenters. The van der Waals surface area contributed by atoms with Crippen LogP contribution in [0.15, 0.2) is 41.8 Å². The standard InChI is InChI=1S/C15H16N4O2S2/c1-18-9-14(16-10-18)23(20,21)19-8-4-6-12(19)15-17-11-5-2-3-7-13(11)22-15/h2-3,5,7,9-10,12H,4,6,8H2,1H3. The highest BCUT2D eigenvalue weighted by molar-refractivity contribution is 7.89. The van der Waals surface area contributed by atoms with Gasteiger partial charge in [0.2, 0.25) is 0 Å². The largest absolute Gasteiger partial charge is 0.339 e. The number of aromatic nitrogens is 3. The van der Waals surface area contributed by atoms with E-state index in [1.807, 2.05) is 24.3 Å². The van der Waals surface area contributed by atoms with E-state index in [1.165, 1.54) is 6.33 Å². The second-order valence-electron chi connectivity index (χ2n) is 5.67. The zero-order valence-corrected chi connectivity index (χ0v) is 14.2. The van der Waals surface area contributed by atoms with E-state index in [1.54, 1.807) is 33.5 Å². The van der Waals surface area contributed by atoms with Crippen molar-refractivity contribution in [1.82, 2.24) is 18.8 Å². The monoisotopic (exact) mass is 348 g/mol. The smallest absolute Gasteiger partial charge is 0.262 e. The second kappa shape index (κ2) is 5.40. The molecular formula is C15H16N4O2S2. The molecule has 4 rings (SSSR count). The van der Waals surface area contributed by atoms with Crippen molar-refractivity contribution in [2.45, 2.75) is 23.9 Å². The Morgan fingerprint density at radius 3 is 2.87 bits per heavy atom. The molecule has 0 aliphatic carbocycles. The molecule has 0 bridgehead atoms. The van der Waals surface area contributed by atoms with Gasteiger partial charge in [0.1, 0.15) is 5.01 Å². The molecule has 0 radical (unpaired) electrons. The maximum Gasteiger partial charge on any atom is 0.262 e. The summed E-state index contributed by atoms with van der Waals surface area (Å²) in [5.41, 5.74) is 0.926. The minimum absolute atomic E-state index is 0.105. The molecule has 1 aliphatic heterocycles. The molecule has 0 amide bonds. The Balaban J connectivity index is 1.74. The summed E-state index contributed by atoms with van der Waals surface area (Å²) in [6.45, 7) is 0.513. The average molecular weight is 348 g/mol. The van der Waals surface area contributed by atoms with E-state index >= 15 is 0 Å². The average Bonchev–Trinajstić information content (AvgIpc) is 3.25. The van der Waals surface area contributed by atoms with Crippen LogP contribution in [0, 0.1) is 0 Å². The van der Waals surface area contributed by atoms with Crippen LogP contribution in [0.3, 0.4) is 0 Å². The molecule has 0 spiro atoms. The number of nitrogens with zero attached hydrogens (tertiary/aromatic N) is 4. The van der Waals surface area contributed by atoms with Crippen LogP contribution in [0.4, 0.5) is 0 Å². The normalized spacial score (nSPS) is 19.6. The molecule has 1 aliphatic rings. The summed E-state index contributed by atoms with van der Waals surface area (Å²) in [5.74, 6) is 0. The van der Waals surface area contributed by atoms with Crippen molar-refractivity contribution in [3.05, 3.63) is 41.8 Å². The molecule has 1 saturated heterocycles. The van der Waals surface area contributed by atoms with Gasteiger partial charge in [0.05, 0.1) is 22.6 Å². The van der Waals surface area contributed by atoms with Gasteiger partial charge >= 0.3 is 0 Å². The fourth-order valence-corrected chi connectivity index (χ4v) is 5.76. The summed E-state index contributed by atoms with van der Waals surface area (Å²) in [5, 5.41) is 0.969. The summed E-state index contributed by atoms with van der Waals surface area (Å²) in [6, 6.07) is 7.70. The van der Waals surface area contributed by atoms with Gasteiger partial charge in [-0.15, -0.1) is 11.3 Å². The van der Waals surface area contributed by atoms with E-state index in [0.29, 0.717) is 6.54 Å². The Labute approximate surface area is 138 Å². The van der Waals surface area contributed by atoms with Gasteiger partial charge in [-0.25, -0.2) is 18.4 Å². The molecule has 6 nitrogen and oxygen atoms in total. The maximum atomic E-state index is 12.9. The molecule has 120 valence electrons. The van der Waals surface area contributed by atoms with E-state index in [9.17, 15) is 8.42 Å². The molecule has 23 heavy (non-hydrogen) atoms. The molecule has 0 saturated carbocycles. The number of aryl methyl sites for hydroxylation is 1. The van der Waals surface area contributed by atoms with Crippen molar-refractivity contribution in [2.24, 2.45) is 7.05 Å².